The van der Waals surface area contributed by atoms with Gasteiger partial charge >= 0.3 is 0 Å². The van der Waals surface area contributed by atoms with Crippen molar-refractivity contribution in [1.29, 1.82) is 0 Å². The van der Waals surface area contributed by atoms with Crippen molar-refractivity contribution in [2.75, 3.05) is 11.9 Å². The zero-order valence-corrected chi connectivity index (χ0v) is 15.1. The van der Waals surface area contributed by atoms with E-state index in [1.54, 1.807) is 12.1 Å². The van der Waals surface area contributed by atoms with Crippen LogP contribution in [0.4, 0.5) is 5.13 Å². The fourth-order valence-corrected chi connectivity index (χ4v) is 3.02. The molecule has 2 aromatic carbocycles. The number of carbonyl (C=O) groups excluding carboxylic acids is 1. The van der Waals surface area contributed by atoms with Crippen LogP contribution in [0.5, 0.6) is 5.75 Å². The van der Waals surface area contributed by atoms with Gasteiger partial charge in [0.05, 0.1) is 12.3 Å². The molecule has 1 N–H and O–H groups in total. The Morgan fingerprint density at radius 3 is 2.76 bits per heavy atom. The normalized spacial score (nSPS) is 10.5. The minimum Gasteiger partial charge on any atom is -0.494 e. The lowest BCUT2D eigenvalue weighted by Crippen LogP contribution is -2.11. The maximum absolute atomic E-state index is 12.4. The van der Waals surface area contributed by atoms with E-state index in [9.17, 15) is 4.79 Å². The van der Waals surface area contributed by atoms with Crippen LogP contribution < -0.4 is 10.1 Å². The summed E-state index contributed by atoms with van der Waals surface area (Å²) in [4.78, 5) is 16.9. The maximum Gasteiger partial charge on any atom is 0.257 e. The highest BCUT2D eigenvalue weighted by Crippen LogP contribution is 2.25. The quantitative estimate of drug-likeness (QED) is 0.667. The molecule has 4 nitrogen and oxygen atoms in total. The predicted molar refractivity (Wildman–Crippen MR) is 102 cm³/mol. The smallest absolute Gasteiger partial charge is 0.257 e. The minimum atomic E-state index is -0.188. The summed E-state index contributed by atoms with van der Waals surface area (Å²) in [6, 6.07) is 15.4. The van der Waals surface area contributed by atoms with E-state index in [1.807, 2.05) is 36.6 Å². The number of hydrogen-bond acceptors (Lipinski definition) is 4. The molecular weight excluding hydrogens is 332 g/mol. The molecule has 1 heterocycles. The molecule has 0 unspecified atom stereocenters. The SMILES string of the molecule is CCCOc1cccc(C(=O)Nc2nc(-c3ccc(C)cc3)cs2)c1. The van der Waals surface area contributed by atoms with Gasteiger partial charge in [0.15, 0.2) is 5.13 Å². The van der Waals surface area contributed by atoms with Crippen molar-refractivity contribution in [3.8, 4) is 17.0 Å². The Bertz CT molecular complexity index is 856. The van der Waals surface area contributed by atoms with Crippen LogP contribution in [0.1, 0.15) is 29.3 Å². The number of aryl methyl sites for hydroxylation is 1. The van der Waals surface area contributed by atoms with E-state index in [-0.39, 0.29) is 5.91 Å². The topological polar surface area (TPSA) is 51.2 Å². The summed E-state index contributed by atoms with van der Waals surface area (Å²) in [6.45, 7) is 4.73. The van der Waals surface area contributed by atoms with Crippen LogP contribution in [0, 0.1) is 6.92 Å². The summed E-state index contributed by atoms with van der Waals surface area (Å²) in [5, 5.41) is 5.39. The largest absolute Gasteiger partial charge is 0.494 e. The molecular formula is C20H20N2O2S. The summed E-state index contributed by atoms with van der Waals surface area (Å²) in [5.74, 6) is 0.515. The molecule has 0 saturated heterocycles. The average molecular weight is 352 g/mol. The summed E-state index contributed by atoms with van der Waals surface area (Å²) in [6.07, 6.45) is 0.928. The monoisotopic (exact) mass is 352 g/mol. The predicted octanol–water partition coefficient (Wildman–Crippen LogP) is 5.16. The third kappa shape index (κ3) is 4.45. The first-order valence-electron chi connectivity index (χ1n) is 8.22. The zero-order chi connectivity index (χ0) is 17.6. The number of nitrogens with one attached hydrogen (secondary N) is 1. The zero-order valence-electron chi connectivity index (χ0n) is 14.3. The molecule has 0 aliphatic heterocycles. The first kappa shape index (κ1) is 17.2. The highest BCUT2D eigenvalue weighted by Gasteiger charge is 2.11. The van der Waals surface area contributed by atoms with Crippen molar-refractivity contribution >= 4 is 22.4 Å². The second kappa shape index (κ2) is 7.94. The van der Waals surface area contributed by atoms with Crippen LogP contribution in [0.25, 0.3) is 11.3 Å². The number of nitrogens with zero attached hydrogens (tertiary/aromatic N) is 1. The molecule has 0 saturated carbocycles. The fraction of sp³-hybridized carbons (Fsp3) is 0.200. The molecule has 3 rings (SSSR count). The number of ether oxygens (including phenoxy) is 1. The van der Waals surface area contributed by atoms with Crippen LogP contribution in [0.15, 0.2) is 53.9 Å². The molecule has 1 amide bonds. The molecule has 0 spiro atoms. The van der Waals surface area contributed by atoms with E-state index >= 15 is 0 Å². The molecule has 0 aliphatic rings. The summed E-state index contributed by atoms with van der Waals surface area (Å²) >= 11 is 1.42. The molecule has 0 radical (unpaired) electrons. The van der Waals surface area contributed by atoms with Crippen LogP contribution in [0.3, 0.4) is 0 Å². The van der Waals surface area contributed by atoms with E-state index in [2.05, 4.69) is 29.4 Å². The Morgan fingerprint density at radius 2 is 2.00 bits per heavy atom. The van der Waals surface area contributed by atoms with Crippen LogP contribution in [0.2, 0.25) is 0 Å². The molecule has 128 valence electrons. The van der Waals surface area contributed by atoms with E-state index in [4.69, 9.17) is 4.74 Å². The fourth-order valence-electron chi connectivity index (χ4n) is 2.30. The van der Waals surface area contributed by atoms with Gasteiger partial charge in [0, 0.05) is 16.5 Å². The van der Waals surface area contributed by atoms with E-state index in [0.717, 1.165) is 17.7 Å². The van der Waals surface area contributed by atoms with Crippen molar-refractivity contribution in [3.63, 3.8) is 0 Å². The second-order valence-electron chi connectivity index (χ2n) is 5.73. The highest BCUT2D eigenvalue weighted by molar-refractivity contribution is 7.14. The lowest BCUT2D eigenvalue weighted by atomic mass is 10.1. The van der Waals surface area contributed by atoms with Gasteiger partial charge in [-0.15, -0.1) is 11.3 Å². The molecule has 3 aromatic rings. The standard InChI is InChI=1S/C20H20N2O2S/c1-3-11-24-17-6-4-5-16(12-17)19(23)22-20-21-18(13-25-20)15-9-7-14(2)8-10-15/h4-10,12-13H,3,11H2,1-2H3,(H,21,22,23). The van der Waals surface area contributed by atoms with Gasteiger partial charge in [-0.3, -0.25) is 10.1 Å². The summed E-state index contributed by atoms with van der Waals surface area (Å²) < 4.78 is 5.57. The average Bonchev–Trinajstić information content (AvgIpc) is 3.09. The molecule has 1 aromatic heterocycles. The van der Waals surface area contributed by atoms with Gasteiger partial charge < -0.3 is 4.74 Å². The first-order chi connectivity index (χ1) is 12.2. The lowest BCUT2D eigenvalue weighted by molar-refractivity contribution is 0.102. The number of benzene rings is 2. The van der Waals surface area contributed by atoms with Crippen molar-refractivity contribution in [3.05, 3.63) is 65.0 Å². The molecule has 25 heavy (non-hydrogen) atoms. The van der Waals surface area contributed by atoms with Crippen LogP contribution in [-0.2, 0) is 0 Å². The maximum atomic E-state index is 12.4. The van der Waals surface area contributed by atoms with Gasteiger partial charge in [-0.25, -0.2) is 4.98 Å². The summed E-state index contributed by atoms with van der Waals surface area (Å²) in [5.41, 5.74) is 3.66. The van der Waals surface area contributed by atoms with Crippen molar-refractivity contribution < 1.29 is 9.53 Å². The number of thiazole rings is 1. The molecule has 0 bridgehead atoms. The Morgan fingerprint density at radius 1 is 1.20 bits per heavy atom. The van der Waals surface area contributed by atoms with E-state index < -0.39 is 0 Å². The molecule has 0 atom stereocenters. The summed E-state index contributed by atoms with van der Waals surface area (Å²) in [7, 11) is 0. The van der Waals surface area contributed by atoms with Gasteiger partial charge in [0.2, 0.25) is 0 Å². The van der Waals surface area contributed by atoms with E-state index in [0.29, 0.717) is 23.1 Å². The third-order valence-corrected chi connectivity index (χ3v) is 4.40. The minimum absolute atomic E-state index is 0.188. The van der Waals surface area contributed by atoms with Crippen LogP contribution in [-0.4, -0.2) is 17.5 Å². The number of aromatic nitrogens is 1. The Hall–Kier alpha value is -2.66. The Kier molecular flexibility index (Phi) is 5.46. The van der Waals surface area contributed by atoms with Gasteiger partial charge in [0.25, 0.3) is 5.91 Å². The Labute approximate surface area is 151 Å². The van der Waals surface area contributed by atoms with E-state index in [1.165, 1.54) is 16.9 Å². The van der Waals surface area contributed by atoms with Gasteiger partial charge in [-0.05, 0) is 31.5 Å². The van der Waals surface area contributed by atoms with Gasteiger partial charge in [-0.1, -0.05) is 42.8 Å². The van der Waals surface area contributed by atoms with Crippen molar-refractivity contribution in [2.24, 2.45) is 0 Å². The number of amides is 1. The molecule has 0 aliphatic carbocycles. The van der Waals surface area contributed by atoms with Gasteiger partial charge in [-0.2, -0.15) is 0 Å². The number of anilines is 1. The lowest BCUT2D eigenvalue weighted by Gasteiger charge is -2.06. The highest BCUT2D eigenvalue weighted by atomic mass is 32.1. The Balaban J connectivity index is 1.70. The molecule has 0 fully saturated rings. The second-order valence-corrected chi connectivity index (χ2v) is 6.59. The first-order valence-corrected chi connectivity index (χ1v) is 9.10. The molecule has 5 heteroatoms. The number of hydrogen-bond donors (Lipinski definition) is 1. The number of rotatable bonds is 6. The van der Waals surface area contributed by atoms with Crippen LogP contribution >= 0.6 is 11.3 Å². The third-order valence-electron chi connectivity index (χ3n) is 3.64. The van der Waals surface area contributed by atoms with Gasteiger partial charge in [0.1, 0.15) is 5.75 Å². The number of carbonyl (C=O) groups is 1. The van der Waals surface area contributed by atoms with Crippen molar-refractivity contribution in [1.82, 2.24) is 4.98 Å². The van der Waals surface area contributed by atoms with Crippen molar-refractivity contribution in [2.45, 2.75) is 20.3 Å².